The van der Waals surface area contributed by atoms with Crippen molar-refractivity contribution in [1.29, 1.82) is 0 Å². The lowest BCUT2D eigenvalue weighted by atomic mass is 9.89. The minimum atomic E-state index is -1.59. The van der Waals surface area contributed by atoms with Crippen LogP contribution in [0.25, 0.3) is 10.9 Å². The average molecular weight is 342 g/mol. The monoisotopic (exact) mass is 342 g/mol. The molecule has 3 aromatic rings. The van der Waals surface area contributed by atoms with Crippen LogP contribution in [0.15, 0.2) is 53.3 Å². The van der Waals surface area contributed by atoms with Gasteiger partial charge in [0.2, 0.25) is 0 Å². The van der Waals surface area contributed by atoms with Gasteiger partial charge >= 0.3 is 12.0 Å². The highest BCUT2D eigenvalue weighted by atomic mass is 16.6. The molecule has 130 valence electrons. The third-order valence-corrected chi connectivity index (χ3v) is 4.18. The van der Waals surface area contributed by atoms with Gasteiger partial charge in [0.25, 0.3) is 0 Å². The normalized spacial score (nSPS) is 13.5. The molecule has 0 radical (unpaired) electrons. The van der Waals surface area contributed by atoms with Gasteiger partial charge in [0, 0.05) is 29.1 Å². The second-order valence-electron chi connectivity index (χ2n) is 5.69. The molecule has 3 rings (SSSR count). The summed E-state index contributed by atoms with van der Waals surface area (Å²) >= 11 is 0. The Morgan fingerprint density at radius 2 is 2.08 bits per heavy atom. The lowest BCUT2D eigenvalue weighted by Gasteiger charge is -2.17. The van der Waals surface area contributed by atoms with Crippen molar-refractivity contribution >= 4 is 16.9 Å². The minimum Gasteiger partial charge on any atom is -0.468 e. The molecule has 0 amide bonds. The number of para-hydroxylation sites is 1. The van der Waals surface area contributed by atoms with Gasteiger partial charge in [-0.25, -0.2) is 4.79 Å². The Bertz CT molecular complexity index is 897. The maximum atomic E-state index is 12.3. The van der Waals surface area contributed by atoms with Gasteiger partial charge in [-0.1, -0.05) is 18.2 Å². The summed E-state index contributed by atoms with van der Waals surface area (Å²) in [6.07, 6.45) is 3.24. The Hall–Kier alpha value is -3.09. The molecule has 0 aliphatic carbocycles. The van der Waals surface area contributed by atoms with E-state index >= 15 is 0 Å². The van der Waals surface area contributed by atoms with Crippen molar-refractivity contribution in [1.82, 2.24) is 4.57 Å². The standard InChI is InChI=1S/C18H18N2O5/c1-3-24-18(21)17(20(22)23)16(15-9-6-10-25-15)13-11-19(2)14-8-5-4-7-12(13)14/h4-11,16-17H,3H2,1-2H3. The second kappa shape index (κ2) is 6.80. The summed E-state index contributed by atoms with van der Waals surface area (Å²) in [4.78, 5) is 23.4. The van der Waals surface area contributed by atoms with E-state index in [2.05, 4.69) is 0 Å². The van der Waals surface area contributed by atoms with Crippen LogP contribution >= 0.6 is 0 Å². The summed E-state index contributed by atoms with van der Waals surface area (Å²) in [6.45, 7) is 1.69. The highest BCUT2D eigenvalue weighted by molar-refractivity contribution is 5.86. The van der Waals surface area contributed by atoms with Crippen LogP contribution in [0.1, 0.15) is 24.2 Å². The van der Waals surface area contributed by atoms with E-state index in [1.807, 2.05) is 35.9 Å². The van der Waals surface area contributed by atoms with E-state index in [-0.39, 0.29) is 6.61 Å². The number of nitrogens with zero attached hydrogens (tertiary/aromatic N) is 2. The number of esters is 1. The maximum Gasteiger partial charge on any atom is 0.382 e. The predicted octanol–water partition coefficient (Wildman–Crippen LogP) is 3.11. The van der Waals surface area contributed by atoms with Crippen LogP contribution in [-0.4, -0.2) is 28.1 Å². The zero-order chi connectivity index (χ0) is 18.0. The smallest absolute Gasteiger partial charge is 0.382 e. The number of ether oxygens (including phenoxy) is 1. The van der Waals surface area contributed by atoms with Crippen molar-refractivity contribution in [2.75, 3.05) is 6.61 Å². The molecule has 1 aromatic carbocycles. The molecule has 0 aliphatic rings. The van der Waals surface area contributed by atoms with Gasteiger partial charge in [0.05, 0.1) is 12.9 Å². The van der Waals surface area contributed by atoms with Gasteiger partial charge in [-0.2, -0.15) is 0 Å². The first-order chi connectivity index (χ1) is 12.0. The van der Waals surface area contributed by atoms with Gasteiger partial charge in [-0.3, -0.25) is 10.1 Å². The fourth-order valence-corrected chi connectivity index (χ4v) is 3.14. The van der Waals surface area contributed by atoms with Crippen LogP contribution in [0.2, 0.25) is 0 Å². The molecule has 2 unspecified atom stereocenters. The minimum absolute atomic E-state index is 0.0730. The van der Waals surface area contributed by atoms with Crippen molar-refractivity contribution in [3.63, 3.8) is 0 Å². The van der Waals surface area contributed by atoms with Crippen LogP contribution in [0.4, 0.5) is 0 Å². The van der Waals surface area contributed by atoms with Gasteiger partial charge in [-0.15, -0.1) is 0 Å². The molecular weight excluding hydrogens is 324 g/mol. The third kappa shape index (κ3) is 3.00. The van der Waals surface area contributed by atoms with Crippen molar-refractivity contribution < 1.29 is 18.9 Å². The molecule has 25 heavy (non-hydrogen) atoms. The fraction of sp³-hybridized carbons (Fsp3) is 0.278. The van der Waals surface area contributed by atoms with Gasteiger partial charge < -0.3 is 13.7 Å². The Morgan fingerprint density at radius 1 is 1.32 bits per heavy atom. The topological polar surface area (TPSA) is 87.5 Å². The zero-order valence-corrected chi connectivity index (χ0v) is 13.9. The molecule has 0 spiro atoms. The number of carbonyl (C=O) groups excluding carboxylic acids is 1. The summed E-state index contributed by atoms with van der Waals surface area (Å²) in [7, 11) is 1.86. The van der Waals surface area contributed by atoms with Crippen molar-refractivity contribution in [3.8, 4) is 0 Å². The molecule has 0 bridgehead atoms. The number of aryl methyl sites for hydroxylation is 1. The molecular formula is C18H18N2O5. The first-order valence-corrected chi connectivity index (χ1v) is 7.92. The van der Waals surface area contributed by atoms with E-state index in [0.29, 0.717) is 11.3 Å². The number of hydrogen-bond acceptors (Lipinski definition) is 5. The largest absolute Gasteiger partial charge is 0.468 e. The van der Waals surface area contributed by atoms with E-state index in [9.17, 15) is 14.9 Å². The van der Waals surface area contributed by atoms with Crippen LogP contribution < -0.4 is 0 Å². The first-order valence-electron chi connectivity index (χ1n) is 7.92. The predicted molar refractivity (Wildman–Crippen MR) is 90.9 cm³/mol. The zero-order valence-electron chi connectivity index (χ0n) is 13.9. The number of aromatic nitrogens is 1. The van der Waals surface area contributed by atoms with Crippen LogP contribution in [0, 0.1) is 10.1 Å². The van der Waals surface area contributed by atoms with Gasteiger partial charge in [0.1, 0.15) is 11.7 Å². The highest BCUT2D eigenvalue weighted by Gasteiger charge is 2.44. The summed E-state index contributed by atoms with van der Waals surface area (Å²) in [6, 6.07) is 9.25. The Balaban J connectivity index is 2.21. The number of nitro groups is 1. The molecule has 0 fully saturated rings. The average Bonchev–Trinajstić information content (AvgIpc) is 3.21. The molecule has 0 N–H and O–H groups in total. The summed E-state index contributed by atoms with van der Waals surface area (Å²) < 4.78 is 12.3. The first kappa shape index (κ1) is 16.8. The van der Waals surface area contributed by atoms with Crippen molar-refractivity contribution in [3.05, 3.63) is 70.3 Å². The second-order valence-corrected chi connectivity index (χ2v) is 5.69. The number of benzene rings is 1. The lowest BCUT2D eigenvalue weighted by molar-refractivity contribution is -0.513. The number of hydrogen-bond donors (Lipinski definition) is 0. The quantitative estimate of drug-likeness (QED) is 0.390. The Morgan fingerprint density at radius 3 is 2.72 bits per heavy atom. The van der Waals surface area contributed by atoms with Crippen molar-refractivity contribution in [2.24, 2.45) is 7.05 Å². The number of rotatable bonds is 6. The van der Waals surface area contributed by atoms with E-state index in [1.165, 1.54) is 6.26 Å². The van der Waals surface area contributed by atoms with E-state index in [1.54, 1.807) is 25.3 Å². The van der Waals surface area contributed by atoms with Crippen LogP contribution in [-0.2, 0) is 16.6 Å². The summed E-state index contributed by atoms with van der Waals surface area (Å²) in [5.74, 6) is -1.40. The van der Waals surface area contributed by atoms with Crippen LogP contribution in [0.3, 0.4) is 0 Å². The number of fused-ring (bicyclic) bond motifs is 1. The molecule has 0 aliphatic heterocycles. The number of furan rings is 1. The van der Waals surface area contributed by atoms with E-state index in [4.69, 9.17) is 9.15 Å². The summed E-state index contributed by atoms with van der Waals surface area (Å²) in [5.41, 5.74) is 1.57. The maximum absolute atomic E-state index is 12.3. The molecule has 0 saturated carbocycles. The Labute approximate surface area is 144 Å². The van der Waals surface area contributed by atoms with Crippen LogP contribution in [0.5, 0.6) is 0 Å². The van der Waals surface area contributed by atoms with Gasteiger partial charge in [0.15, 0.2) is 0 Å². The molecule has 2 aromatic heterocycles. The fourth-order valence-electron chi connectivity index (χ4n) is 3.14. The van der Waals surface area contributed by atoms with E-state index in [0.717, 1.165) is 10.9 Å². The summed E-state index contributed by atoms with van der Waals surface area (Å²) in [5, 5.41) is 12.6. The SMILES string of the molecule is CCOC(=O)C(C(c1ccco1)c1cn(C)c2ccccc12)[N+](=O)[O-]. The molecule has 2 atom stereocenters. The number of carbonyl (C=O) groups is 1. The molecule has 0 saturated heterocycles. The lowest BCUT2D eigenvalue weighted by Crippen LogP contribution is -2.37. The Kier molecular flexibility index (Phi) is 4.56. The van der Waals surface area contributed by atoms with Crippen molar-refractivity contribution in [2.45, 2.75) is 18.9 Å². The van der Waals surface area contributed by atoms with Gasteiger partial charge in [-0.05, 0) is 30.7 Å². The highest BCUT2D eigenvalue weighted by Crippen LogP contribution is 2.36. The van der Waals surface area contributed by atoms with E-state index < -0.39 is 22.9 Å². The molecule has 2 heterocycles. The molecule has 7 nitrogen and oxygen atoms in total. The molecule has 7 heteroatoms. The third-order valence-electron chi connectivity index (χ3n) is 4.18.